The van der Waals surface area contributed by atoms with Crippen molar-refractivity contribution >= 4 is 0 Å². The molecule has 0 aliphatic heterocycles. The molecule has 0 spiro atoms. The van der Waals surface area contributed by atoms with Crippen molar-refractivity contribution in [3.05, 3.63) is 58.9 Å². The molecular weight excluding hydrogens is 281 g/mol. The number of hydrogen-bond acceptors (Lipinski definition) is 3. The van der Waals surface area contributed by atoms with E-state index in [4.69, 9.17) is 5.73 Å². The lowest BCUT2D eigenvalue weighted by Crippen LogP contribution is -2.20. The van der Waals surface area contributed by atoms with Crippen LogP contribution in [0.15, 0.2) is 36.4 Å². The van der Waals surface area contributed by atoms with Gasteiger partial charge < -0.3 is 10.5 Å². The lowest BCUT2D eigenvalue weighted by molar-refractivity contribution is -0.274. The maximum Gasteiger partial charge on any atom is 0.573 e. The van der Waals surface area contributed by atoms with Crippen molar-refractivity contribution < 1.29 is 17.9 Å². The van der Waals surface area contributed by atoms with Crippen LogP contribution in [0.5, 0.6) is 5.75 Å². The first-order chi connectivity index (χ1) is 9.76. The van der Waals surface area contributed by atoms with Gasteiger partial charge in [-0.3, -0.25) is 4.98 Å². The number of pyridine rings is 1. The molecule has 1 unspecified atom stereocenters. The van der Waals surface area contributed by atoms with E-state index in [0.717, 1.165) is 11.4 Å². The largest absolute Gasteiger partial charge is 0.573 e. The Kier molecular flexibility index (Phi) is 4.18. The molecule has 1 atom stereocenters. The molecule has 2 N–H and O–H groups in total. The third-order valence-electron chi connectivity index (χ3n) is 2.94. The van der Waals surface area contributed by atoms with Crippen LogP contribution in [0.2, 0.25) is 0 Å². The third-order valence-corrected chi connectivity index (χ3v) is 2.94. The number of ether oxygens (including phenoxy) is 1. The summed E-state index contributed by atoms with van der Waals surface area (Å²) in [6.45, 7) is 3.61. The average Bonchev–Trinajstić information content (AvgIpc) is 2.35. The predicted octanol–water partition coefficient (Wildman–Crippen LogP) is 3.65. The van der Waals surface area contributed by atoms with Gasteiger partial charge in [-0.05, 0) is 37.6 Å². The van der Waals surface area contributed by atoms with Crippen LogP contribution in [0, 0.1) is 13.8 Å². The molecule has 0 saturated heterocycles. The molecule has 1 aromatic heterocycles. The highest BCUT2D eigenvalue weighted by Crippen LogP contribution is 2.32. The van der Waals surface area contributed by atoms with Crippen molar-refractivity contribution in [2.24, 2.45) is 5.73 Å². The molecule has 0 amide bonds. The minimum atomic E-state index is -4.75. The molecule has 1 aromatic carbocycles. The van der Waals surface area contributed by atoms with Crippen molar-refractivity contribution in [1.29, 1.82) is 0 Å². The van der Waals surface area contributed by atoms with Crippen LogP contribution in [-0.2, 0) is 0 Å². The summed E-state index contributed by atoms with van der Waals surface area (Å²) in [6, 6.07) is 8.66. The minimum absolute atomic E-state index is 0.278. The zero-order valence-corrected chi connectivity index (χ0v) is 11.6. The van der Waals surface area contributed by atoms with E-state index in [1.807, 2.05) is 0 Å². The van der Waals surface area contributed by atoms with Crippen LogP contribution in [0.4, 0.5) is 13.2 Å². The summed E-state index contributed by atoms with van der Waals surface area (Å²) < 4.78 is 41.4. The van der Waals surface area contributed by atoms with E-state index < -0.39 is 12.4 Å². The van der Waals surface area contributed by atoms with Gasteiger partial charge in [0.25, 0.3) is 0 Å². The van der Waals surface area contributed by atoms with Gasteiger partial charge in [0, 0.05) is 17.0 Å². The van der Waals surface area contributed by atoms with Gasteiger partial charge in [0.05, 0.1) is 6.04 Å². The van der Waals surface area contributed by atoms with E-state index in [2.05, 4.69) is 9.72 Å². The Morgan fingerprint density at radius 3 is 2.24 bits per heavy atom. The van der Waals surface area contributed by atoms with Crippen LogP contribution in [0.3, 0.4) is 0 Å². The van der Waals surface area contributed by atoms with Crippen molar-refractivity contribution in [3.8, 4) is 5.75 Å². The van der Waals surface area contributed by atoms with Gasteiger partial charge >= 0.3 is 6.36 Å². The molecule has 3 nitrogen and oxygen atoms in total. The molecule has 0 aliphatic rings. The van der Waals surface area contributed by atoms with Crippen molar-refractivity contribution in [2.75, 3.05) is 0 Å². The number of para-hydroxylation sites is 1. The summed E-state index contributed by atoms with van der Waals surface area (Å²) in [5.74, 6) is -0.287. The van der Waals surface area contributed by atoms with Crippen LogP contribution in [0.25, 0.3) is 0 Å². The Labute approximate surface area is 120 Å². The molecule has 2 rings (SSSR count). The quantitative estimate of drug-likeness (QED) is 0.940. The van der Waals surface area contributed by atoms with Crippen LogP contribution in [0.1, 0.15) is 28.6 Å². The van der Waals surface area contributed by atoms with Gasteiger partial charge in [-0.15, -0.1) is 13.2 Å². The molecule has 0 fully saturated rings. The van der Waals surface area contributed by atoms with Crippen LogP contribution < -0.4 is 10.5 Å². The summed E-state index contributed by atoms with van der Waals surface area (Å²) in [4.78, 5) is 4.23. The second kappa shape index (κ2) is 5.73. The Morgan fingerprint density at radius 2 is 1.67 bits per heavy atom. The fraction of sp³-hybridized carbons (Fsp3) is 0.267. The van der Waals surface area contributed by atoms with Crippen LogP contribution in [-0.4, -0.2) is 11.3 Å². The van der Waals surface area contributed by atoms with E-state index in [1.165, 1.54) is 18.2 Å². The topological polar surface area (TPSA) is 48.1 Å². The molecule has 1 heterocycles. The first-order valence-corrected chi connectivity index (χ1v) is 6.32. The number of alkyl halides is 3. The second-order valence-electron chi connectivity index (χ2n) is 4.75. The summed E-state index contributed by atoms with van der Waals surface area (Å²) in [6.07, 6.45) is -4.75. The van der Waals surface area contributed by atoms with Gasteiger partial charge in [-0.25, -0.2) is 0 Å². The Hall–Kier alpha value is -2.08. The molecular formula is C15H15F3N2O. The van der Waals surface area contributed by atoms with Gasteiger partial charge in [-0.1, -0.05) is 18.2 Å². The SMILES string of the molecule is Cc1cc(C(N)c2ccccc2OC(F)(F)F)cc(C)n1. The fourth-order valence-electron chi connectivity index (χ4n) is 2.18. The summed E-state index contributed by atoms with van der Waals surface area (Å²) in [5, 5.41) is 0. The number of nitrogens with two attached hydrogens (primary N) is 1. The summed E-state index contributed by atoms with van der Waals surface area (Å²) in [5.41, 5.74) is 8.59. The normalized spacial score (nSPS) is 13.0. The lowest BCUT2D eigenvalue weighted by Gasteiger charge is -2.18. The van der Waals surface area contributed by atoms with E-state index in [-0.39, 0.29) is 11.3 Å². The number of nitrogens with zero attached hydrogens (tertiary/aromatic N) is 1. The zero-order valence-electron chi connectivity index (χ0n) is 11.6. The Balaban J connectivity index is 2.41. The Morgan fingerprint density at radius 1 is 1.10 bits per heavy atom. The zero-order chi connectivity index (χ0) is 15.6. The summed E-state index contributed by atoms with van der Waals surface area (Å²) >= 11 is 0. The van der Waals surface area contributed by atoms with Gasteiger partial charge in [0.1, 0.15) is 5.75 Å². The van der Waals surface area contributed by atoms with Gasteiger partial charge in [-0.2, -0.15) is 0 Å². The molecule has 0 bridgehead atoms. The molecule has 2 aromatic rings. The first kappa shape index (κ1) is 15.3. The third kappa shape index (κ3) is 3.95. The average molecular weight is 296 g/mol. The number of aryl methyl sites for hydroxylation is 2. The van der Waals surface area contributed by atoms with Crippen molar-refractivity contribution in [2.45, 2.75) is 26.3 Å². The first-order valence-electron chi connectivity index (χ1n) is 6.32. The standard InChI is InChI=1S/C15H15F3N2O/c1-9-7-11(8-10(2)20-9)14(19)12-5-3-4-6-13(12)21-15(16,17)18/h3-8,14H,19H2,1-2H3. The van der Waals surface area contributed by atoms with Gasteiger partial charge in [0.2, 0.25) is 0 Å². The molecule has 6 heteroatoms. The van der Waals surface area contributed by atoms with E-state index in [1.54, 1.807) is 32.0 Å². The van der Waals surface area contributed by atoms with E-state index in [0.29, 0.717) is 5.56 Å². The number of halogens is 3. The number of rotatable bonds is 3. The maximum atomic E-state index is 12.4. The highest BCUT2D eigenvalue weighted by Gasteiger charge is 2.32. The fourth-order valence-corrected chi connectivity index (χ4v) is 2.18. The summed E-state index contributed by atoms with van der Waals surface area (Å²) in [7, 11) is 0. The van der Waals surface area contributed by atoms with Gasteiger partial charge in [0.15, 0.2) is 0 Å². The van der Waals surface area contributed by atoms with Crippen molar-refractivity contribution in [1.82, 2.24) is 4.98 Å². The molecule has 0 saturated carbocycles. The van der Waals surface area contributed by atoms with E-state index >= 15 is 0 Å². The molecule has 0 aliphatic carbocycles. The smallest absolute Gasteiger partial charge is 0.405 e. The predicted molar refractivity (Wildman–Crippen MR) is 72.9 cm³/mol. The second-order valence-corrected chi connectivity index (χ2v) is 4.75. The molecule has 0 radical (unpaired) electrons. The maximum absolute atomic E-state index is 12.4. The lowest BCUT2D eigenvalue weighted by atomic mass is 9.98. The monoisotopic (exact) mass is 296 g/mol. The number of benzene rings is 1. The minimum Gasteiger partial charge on any atom is -0.405 e. The molecule has 21 heavy (non-hydrogen) atoms. The van der Waals surface area contributed by atoms with E-state index in [9.17, 15) is 13.2 Å². The highest BCUT2D eigenvalue weighted by molar-refractivity contribution is 5.42. The number of aromatic nitrogens is 1. The molecule has 112 valence electrons. The van der Waals surface area contributed by atoms with Crippen LogP contribution >= 0.6 is 0 Å². The highest BCUT2D eigenvalue weighted by atomic mass is 19.4. The Bertz CT molecular complexity index is 621. The van der Waals surface area contributed by atoms with Crippen molar-refractivity contribution in [3.63, 3.8) is 0 Å². The number of hydrogen-bond donors (Lipinski definition) is 1.